The summed E-state index contributed by atoms with van der Waals surface area (Å²) < 4.78 is 4.91. The van der Waals surface area contributed by atoms with Crippen LogP contribution in [0.15, 0.2) is 12.4 Å². The number of carbonyl (C=O) groups is 1. The van der Waals surface area contributed by atoms with Gasteiger partial charge in [0, 0.05) is 32.8 Å². The van der Waals surface area contributed by atoms with E-state index in [9.17, 15) is 4.79 Å². The summed E-state index contributed by atoms with van der Waals surface area (Å²) in [5, 5.41) is 2.77. The number of methoxy groups -OCH3 is 1. The van der Waals surface area contributed by atoms with Gasteiger partial charge in [-0.3, -0.25) is 4.79 Å². The molecule has 6 heteroatoms. The topological polar surface area (TPSA) is 67.3 Å². The number of carbonyl (C=O) groups excluding carboxylic acids is 1. The number of hydrogen-bond acceptors (Lipinski definition) is 5. The second kappa shape index (κ2) is 7.79. The molecule has 110 valence electrons. The summed E-state index contributed by atoms with van der Waals surface area (Å²) in [6, 6.07) is 1.77. The highest BCUT2D eigenvalue weighted by Crippen LogP contribution is 2.17. The van der Waals surface area contributed by atoms with Gasteiger partial charge in [-0.05, 0) is 12.8 Å². The fourth-order valence-corrected chi connectivity index (χ4v) is 2.30. The first-order chi connectivity index (χ1) is 9.81. The standard InChI is InChI=1S/C14H22N4O2/c1-20-9-6-15-14(19)12-10-13(17-11-16-12)18-7-4-2-3-5-8-18/h10-11H,2-9H2,1H3,(H,15,19). The SMILES string of the molecule is COCCNC(=O)c1cc(N2CCCCCC2)ncn1. The lowest BCUT2D eigenvalue weighted by molar-refractivity contribution is 0.0932. The average molecular weight is 278 g/mol. The molecule has 20 heavy (non-hydrogen) atoms. The van der Waals surface area contributed by atoms with E-state index < -0.39 is 0 Å². The Bertz CT molecular complexity index is 431. The molecule has 6 nitrogen and oxygen atoms in total. The van der Waals surface area contributed by atoms with Crippen molar-refractivity contribution in [3.8, 4) is 0 Å². The van der Waals surface area contributed by atoms with E-state index in [4.69, 9.17) is 4.74 Å². The van der Waals surface area contributed by atoms with E-state index in [1.165, 1.54) is 32.0 Å². The van der Waals surface area contributed by atoms with Crippen molar-refractivity contribution in [2.75, 3.05) is 38.3 Å². The van der Waals surface area contributed by atoms with Crippen molar-refractivity contribution >= 4 is 11.7 Å². The van der Waals surface area contributed by atoms with Crippen LogP contribution in [0.2, 0.25) is 0 Å². The van der Waals surface area contributed by atoms with E-state index in [1.807, 2.05) is 0 Å². The Morgan fingerprint density at radius 3 is 2.75 bits per heavy atom. The number of anilines is 1. The van der Waals surface area contributed by atoms with Crippen molar-refractivity contribution in [3.63, 3.8) is 0 Å². The van der Waals surface area contributed by atoms with Crippen LogP contribution in [0.5, 0.6) is 0 Å². The molecule has 1 aromatic rings. The highest BCUT2D eigenvalue weighted by molar-refractivity contribution is 5.92. The van der Waals surface area contributed by atoms with Gasteiger partial charge in [-0.15, -0.1) is 0 Å². The van der Waals surface area contributed by atoms with Gasteiger partial charge >= 0.3 is 0 Å². The number of amides is 1. The van der Waals surface area contributed by atoms with E-state index in [0.717, 1.165) is 18.9 Å². The molecule has 1 fully saturated rings. The summed E-state index contributed by atoms with van der Waals surface area (Å²) in [4.78, 5) is 22.5. The number of ether oxygens (including phenoxy) is 1. The van der Waals surface area contributed by atoms with Crippen LogP contribution in [0.4, 0.5) is 5.82 Å². The molecular formula is C14H22N4O2. The molecule has 1 aliphatic heterocycles. The Balaban J connectivity index is 2.01. The maximum absolute atomic E-state index is 11.9. The number of nitrogens with one attached hydrogen (secondary N) is 1. The second-order valence-electron chi connectivity index (χ2n) is 4.91. The minimum Gasteiger partial charge on any atom is -0.383 e. The third kappa shape index (κ3) is 4.16. The molecule has 0 bridgehead atoms. The monoisotopic (exact) mass is 278 g/mol. The molecule has 0 aliphatic carbocycles. The minimum atomic E-state index is -0.180. The van der Waals surface area contributed by atoms with Crippen LogP contribution in [-0.4, -0.2) is 49.2 Å². The molecule has 1 aliphatic rings. The summed E-state index contributed by atoms with van der Waals surface area (Å²) in [6.07, 6.45) is 6.36. The maximum Gasteiger partial charge on any atom is 0.270 e. The van der Waals surface area contributed by atoms with E-state index >= 15 is 0 Å². The van der Waals surface area contributed by atoms with Gasteiger partial charge < -0.3 is 15.0 Å². The van der Waals surface area contributed by atoms with Crippen LogP contribution in [-0.2, 0) is 4.74 Å². The quantitative estimate of drug-likeness (QED) is 0.821. The van der Waals surface area contributed by atoms with Gasteiger partial charge in [-0.2, -0.15) is 0 Å². The fourth-order valence-electron chi connectivity index (χ4n) is 2.30. The lowest BCUT2D eigenvalue weighted by atomic mass is 10.2. The third-order valence-corrected chi connectivity index (χ3v) is 3.41. The second-order valence-corrected chi connectivity index (χ2v) is 4.91. The smallest absolute Gasteiger partial charge is 0.270 e. The zero-order valence-corrected chi connectivity index (χ0v) is 12.0. The molecule has 2 heterocycles. The summed E-state index contributed by atoms with van der Waals surface area (Å²) in [6.45, 7) is 2.98. The predicted molar refractivity (Wildman–Crippen MR) is 76.9 cm³/mol. The molecule has 0 spiro atoms. The predicted octanol–water partition coefficient (Wildman–Crippen LogP) is 1.23. The van der Waals surface area contributed by atoms with Gasteiger partial charge in [-0.25, -0.2) is 9.97 Å². The van der Waals surface area contributed by atoms with Gasteiger partial charge in [0.1, 0.15) is 17.8 Å². The van der Waals surface area contributed by atoms with E-state index in [1.54, 1.807) is 13.2 Å². The van der Waals surface area contributed by atoms with E-state index in [-0.39, 0.29) is 5.91 Å². The average Bonchev–Trinajstić information content (AvgIpc) is 2.76. The Morgan fingerprint density at radius 1 is 1.30 bits per heavy atom. The van der Waals surface area contributed by atoms with Crippen molar-refractivity contribution in [2.24, 2.45) is 0 Å². The molecule has 1 amide bonds. The molecule has 0 radical (unpaired) electrons. The number of nitrogens with zero attached hydrogens (tertiary/aromatic N) is 3. The highest BCUT2D eigenvalue weighted by Gasteiger charge is 2.14. The lowest BCUT2D eigenvalue weighted by Gasteiger charge is -2.21. The van der Waals surface area contributed by atoms with Gasteiger partial charge in [0.2, 0.25) is 0 Å². The number of hydrogen-bond donors (Lipinski definition) is 1. The molecule has 0 atom stereocenters. The van der Waals surface area contributed by atoms with Gasteiger partial charge in [0.25, 0.3) is 5.91 Å². The number of rotatable bonds is 5. The summed E-state index contributed by atoms with van der Waals surface area (Å²) in [5.41, 5.74) is 0.412. The first kappa shape index (κ1) is 14.7. The van der Waals surface area contributed by atoms with Crippen molar-refractivity contribution in [1.82, 2.24) is 15.3 Å². The van der Waals surface area contributed by atoms with Crippen LogP contribution in [0.1, 0.15) is 36.2 Å². The Morgan fingerprint density at radius 2 is 2.05 bits per heavy atom. The van der Waals surface area contributed by atoms with Crippen molar-refractivity contribution in [3.05, 3.63) is 18.1 Å². The summed E-state index contributed by atoms with van der Waals surface area (Å²) in [5.74, 6) is 0.666. The summed E-state index contributed by atoms with van der Waals surface area (Å²) in [7, 11) is 1.61. The largest absolute Gasteiger partial charge is 0.383 e. The van der Waals surface area contributed by atoms with Gasteiger partial charge in [-0.1, -0.05) is 12.8 Å². The Hall–Kier alpha value is -1.69. The van der Waals surface area contributed by atoms with Crippen molar-refractivity contribution < 1.29 is 9.53 Å². The zero-order valence-electron chi connectivity index (χ0n) is 12.0. The molecule has 0 unspecified atom stereocenters. The first-order valence-corrected chi connectivity index (χ1v) is 7.15. The van der Waals surface area contributed by atoms with Crippen LogP contribution in [0.3, 0.4) is 0 Å². The molecule has 2 rings (SSSR count). The van der Waals surface area contributed by atoms with Crippen LogP contribution >= 0.6 is 0 Å². The first-order valence-electron chi connectivity index (χ1n) is 7.15. The van der Waals surface area contributed by atoms with Crippen LogP contribution in [0, 0.1) is 0 Å². The third-order valence-electron chi connectivity index (χ3n) is 3.41. The molecule has 1 N–H and O–H groups in total. The Kier molecular flexibility index (Phi) is 5.73. The number of aromatic nitrogens is 2. The van der Waals surface area contributed by atoms with E-state index in [0.29, 0.717) is 18.8 Å². The van der Waals surface area contributed by atoms with E-state index in [2.05, 4.69) is 20.2 Å². The van der Waals surface area contributed by atoms with Gasteiger partial charge in [0.05, 0.1) is 6.61 Å². The minimum absolute atomic E-state index is 0.180. The highest BCUT2D eigenvalue weighted by atomic mass is 16.5. The van der Waals surface area contributed by atoms with Crippen molar-refractivity contribution in [2.45, 2.75) is 25.7 Å². The lowest BCUT2D eigenvalue weighted by Crippen LogP contribution is -2.29. The zero-order chi connectivity index (χ0) is 14.2. The molecular weight excluding hydrogens is 256 g/mol. The van der Waals surface area contributed by atoms with Crippen LogP contribution < -0.4 is 10.2 Å². The normalized spacial score (nSPS) is 15.8. The molecule has 1 saturated heterocycles. The van der Waals surface area contributed by atoms with Crippen LogP contribution in [0.25, 0.3) is 0 Å². The fraction of sp³-hybridized carbons (Fsp3) is 0.643. The molecule has 0 aromatic carbocycles. The molecule has 1 aromatic heterocycles. The van der Waals surface area contributed by atoms with Gasteiger partial charge in [0.15, 0.2) is 0 Å². The summed E-state index contributed by atoms with van der Waals surface area (Å²) >= 11 is 0. The maximum atomic E-state index is 11.9. The van der Waals surface area contributed by atoms with Crippen molar-refractivity contribution in [1.29, 1.82) is 0 Å². The molecule has 0 saturated carbocycles. The Labute approximate surface area is 119 Å².